The standard InChI is InChI=1S/4Al.3B2O5/c;;;;3*3-1(4)7-2(5)6/q4*+3;3*-4. The molecule has 0 rings (SSSR count). The van der Waals surface area contributed by atoms with Crippen LogP contribution < -0.4 is 60.3 Å². The van der Waals surface area contributed by atoms with E-state index in [0.717, 1.165) is 0 Å². The summed E-state index contributed by atoms with van der Waals surface area (Å²) in [5.74, 6) is 0. The molecule has 0 N–H and O–H groups in total. The van der Waals surface area contributed by atoms with Gasteiger partial charge in [-0.15, -0.1) is 0 Å². The van der Waals surface area contributed by atoms with E-state index in [9.17, 15) is 0 Å². The molecule has 0 radical (unpaired) electrons. The minimum Gasteiger partial charge on any atom is -0.872 e. The summed E-state index contributed by atoms with van der Waals surface area (Å²) in [6, 6.07) is 0. The Morgan fingerprint density at radius 3 is 0.360 bits per heavy atom. The van der Waals surface area contributed by atoms with E-state index in [1.165, 1.54) is 0 Å². The zero-order valence-electron chi connectivity index (χ0n) is 11.9. The second-order valence-corrected chi connectivity index (χ2v) is 2.14. The molecule has 15 nitrogen and oxygen atoms in total. The first-order chi connectivity index (χ1) is 9.38. The van der Waals surface area contributed by atoms with Gasteiger partial charge in [0.2, 0.25) is 0 Å². The van der Waals surface area contributed by atoms with Crippen LogP contribution in [0.1, 0.15) is 0 Å². The van der Waals surface area contributed by atoms with Crippen LogP contribution in [-0.4, -0.2) is 113 Å². The van der Waals surface area contributed by atoms with Crippen LogP contribution in [0.15, 0.2) is 0 Å². The van der Waals surface area contributed by atoms with E-state index in [1.54, 1.807) is 0 Å². The molecule has 0 heterocycles. The molecule has 0 aliphatic carbocycles. The minimum atomic E-state index is -2.75. The molecule has 0 spiro atoms. The summed E-state index contributed by atoms with van der Waals surface area (Å²) in [7, 11) is -16.5. The third-order valence-electron chi connectivity index (χ3n) is 0.667. The van der Waals surface area contributed by atoms with Gasteiger partial charge in [-0.05, 0) is 0 Å². The molecule has 0 aromatic carbocycles. The maximum atomic E-state index is 9.16. The topological polar surface area (TPSA) is 304 Å². The van der Waals surface area contributed by atoms with Crippen molar-refractivity contribution >= 4 is 113 Å². The molecule has 0 aliphatic heterocycles. The van der Waals surface area contributed by atoms with Crippen molar-refractivity contribution in [2.75, 3.05) is 0 Å². The SMILES string of the molecule is [Al+3].[Al+3].[Al+3].[Al+3].[O-]B([O-])OB([O-])[O-].[O-]B([O-])OB([O-])[O-].[O-]B([O-])OB([O-])[O-]. The first kappa shape index (κ1) is 45.6. The smallest absolute Gasteiger partial charge is 0.872 e. The van der Waals surface area contributed by atoms with Crippen molar-refractivity contribution in [2.24, 2.45) is 0 Å². The summed E-state index contributed by atoms with van der Waals surface area (Å²) in [5, 5.41) is 110. The average molecular weight is 413 g/mol. The summed E-state index contributed by atoms with van der Waals surface area (Å²) >= 11 is 0. The first-order valence-corrected chi connectivity index (χ1v) is 4.24. The van der Waals surface area contributed by atoms with E-state index in [4.69, 9.17) is 60.3 Å². The molecular weight excluding hydrogens is 413 g/mol. The zero-order valence-corrected chi connectivity index (χ0v) is 16.5. The monoisotopic (exact) mass is 414 g/mol. The van der Waals surface area contributed by atoms with Gasteiger partial charge < -0.3 is 74.0 Å². The summed E-state index contributed by atoms with van der Waals surface area (Å²) in [5.41, 5.74) is 0. The molecule has 0 aromatic rings. The van der Waals surface area contributed by atoms with E-state index < -0.39 is 43.9 Å². The predicted octanol–water partition coefficient (Wildman–Crippen LogP) is -18.3. The second-order valence-electron chi connectivity index (χ2n) is 2.14. The van der Waals surface area contributed by atoms with Gasteiger partial charge in [0.05, 0.1) is 0 Å². The average Bonchev–Trinajstić information content (AvgIpc) is 2.10. The molecular formula is Al4B6O15. The molecule has 0 atom stereocenters. The Labute approximate surface area is 186 Å². The first-order valence-electron chi connectivity index (χ1n) is 4.24. The summed E-state index contributed by atoms with van der Waals surface area (Å²) in [4.78, 5) is 0. The van der Waals surface area contributed by atoms with Crippen molar-refractivity contribution in [3.8, 4) is 0 Å². The molecule has 0 amide bonds. The van der Waals surface area contributed by atoms with E-state index in [1.807, 2.05) is 0 Å². The Morgan fingerprint density at radius 2 is 0.360 bits per heavy atom. The van der Waals surface area contributed by atoms with Crippen molar-refractivity contribution < 1.29 is 74.0 Å². The minimum absolute atomic E-state index is 0. The number of hydrogen-bond acceptors (Lipinski definition) is 15. The third-order valence-corrected chi connectivity index (χ3v) is 0.667. The van der Waals surface area contributed by atoms with Crippen LogP contribution in [0.25, 0.3) is 0 Å². The van der Waals surface area contributed by atoms with Gasteiger partial charge in [-0.1, -0.05) is 0 Å². The van der Waals surface area contributed by atoms with Crippen LogP contribution >= 0.6 is 0 Å². The zero-order chi connectivity index (χ0) is 17.6. The molecule has 0 saturated heterocycles. The molecule has 0 unspecified atom stereocenters. The fourth-order valence-corrected chi connectivity index (χ4v) is 0.272. The maximum absolute atomic E-state index is 9.16. The van der Waals surface area contributed by atoms with Crippen LogP contribution in [0.2, 0.25) is 0 Å². The Hall–Kier alpha value is 1.92. The molecule has 0 saturated carbocycles. The quantitative estimate of drug-likeness (QED) is 0.365. The van der Waals surface area contributed by atoms with Crippen LogP contribution in [0.4, 0.5) is 0 Å². The van der Waals surface area contributed by atoms with Gasteiger partial charge in [-0.2, -0.15) is 0 Å². The Morgan fingerprint density at radius 1 is 0.280 bits per heavy atom. The maximum Gasteiger partial charge on any atom is 3.00 e. The van der Waals surface area contributed by atoms with Crippen LogP contribution in [0, 0.1) is 0 Å². The molecule has 25 heteroatoms. The van der Waals surface area contributed by atoms with Crippen LogP contribution in [0.3, 0.4) is 0 Å². The molecule has 0 bridgehead atoms. The van der Waals surface area contributed by atoms with E-state index >= 15 is 0 Å². The predicted molar refractivity (Wildman–Crippen MR) is 60.8 cm³/mol. The largest absolute Gasteiger partial charge is 3.00 e. The van der Waals surface area contributed by atoms with E-state index in [2.05, 4.69) is 13.7 Å². The van der Waals surface area contributed by atoms with Crippen LogP contribution in [0.5, 0.6) is 0 Å². The summed E-state index contributed by atoms with van der Waals surface area (Å²) in [6.07, 6.45) is 0. The fraction of sp³-hybridized carbons (Fsp3) is 0. The summed E-state index contributed by atoms with van der Waals surface area (Å²) in [6.45, 7) is 0. The number of hydrogen-bond donors (Lipinski definition) is 0. The van der Waals surface area contributed by atoms with Gasteiger partial charge in [0.15, 0.2) is 0 Å². The van der Waals surface area contributed by atoms with E-state index in [0.29, 0.717) is 0 Å². The normalized spacial score (nSPS) is 7.20. The Kier molecular flexibility index (Phi) is 55.9. The Bertz CT molecular complexity index is 155. The van der Waals surface area contributed by atoms with Gasteiger partial charge in [-0.25, -0.2) is 0 Å². The van der Waals surface area contributed by atoms with Gasteiger partial charge >= 0.3 is 69.4 Å². The van der Waals surface area contributed by atoms with Gasteiger partial charge in [0.25, 0.3) is 0 Å². The van der Waals surface area contributed by atoms with Crippen molar-refractivity contribution in [3.63, 3.8) is 0 Å². The molecule has 0 aliphatic rings. The Balaban J connectivity index is -0.0000000360. The third kappa shape index (κ3) is 76.5. The molecule has 0 aromatic heterocycles. The van der Waals surface area contributed by atoms with Crippen molar-refractivity contribution in [2.45, 2.75) is 0 Å². The molecule has 25 heavy (non-hydrogen) atoms. The molecule has 120 valence electrons. The van der Waals surface area contributed by atoms with Crippen molar-refractivity contribution in [1.29, 1.82) is 0 Å². The van der Waals surface area contributed by atoms with Crippen molar-refractivity contribution in [1.82, 2.24) is 0 Å². The number of rotatable bonds is 6. The van der Waals surface area contributed by atoms with Crippen LogP contribution in [-0.2, 0) is 13.7 Å². The fourth-order valence-electron chi connectivity index (χ4n) is 0.272. The molecule has 0 fully saturated rings. The summed E-state index contributed by atoms with van der Waals surface area (Å²) < 4.78 is 9.08. The second kappa shape index (κ2) is 30.6. The van der Waals surface area contributed by atoms with Gasteiger partial charge in [0.1, 0.15) is 0 Å². The van der Waals surface area contributed by atoms with Gasteiger partial charge in [0, 0.05) is 43.9 Å². The van der Waals surface area contributed by atoms with Crippen molar-refractivity contribution in [3.05, 3.63) is 0 Å². The van der Waals surface area contributed by atoms with Gasteiger partial charge in [-0.3, -0.25) is 0 Å². The van der Waals surface area contributed by atoms with E-state index in [-0.39, 0.29) is 69.4 Å².